The maximum absolute atomic E-state index is 12.8. The number of benzene rings is 1. The van der Waals surface area contributed by atoms with Crippen molar-refractivity contribution in [1.29, 1.82) is 0 Å². The highest BCUT2D eigenvalue weighted by atomic mass is 32.2. The second kappa shape index (κ2) is 10.8. The third kappa shape index (κ3) is 5.38. The van der Waals surface area contributed by atoms with Crippen molar-refractivity contribution < 1.29 is 19.1 Å². The average molecular weight is 515 g/mol. The lowest BCUT2D eigenvalue weighted by Gasteiger charge is -2.17. The van der Waals surface area contributed by atoms with E-state index in [2.05, 4.69) is 28.5 Å². The number of carbonyl (C=O) groups excluding carboxylic acids is 2. The number of aryl methyl sites for hydroxylation is 3. The lowest BCUT2D eigenvalue weighted by atomic mass is 10.1. The number of nitrogens with one attached hydrogen (secondary N) is 1. The van der Waals surface area contributed by atoms with Crippen LogP contribution in [-0.4, -0.2) is 39.5 Å². The zero-order chi connectivity index (χ0) is 25.1. The van der Waals surface area contributed by atoms with E-state index in [0.29, 0.717) is 28.1 Å². The highest BCUT2D eigenvalue weighted by Gasteiger charge is 2.28. The number of esters is 1. The average Bonchev–Trinajstić information content (AvgIpc) is 3.53. The van der Waals surface area contributed by atoms with E-state index < -0.39 is 5.97 Å². The molecule has 3 aromatic rings. The lowest BCUT2D eigenvalue weighted by molar-refractivity contribution is -0.113. The largest absolute Gasteiger partial charge is 0.482 e. The van der Waals surface area contributed by atoms with E-state index >= 15 is 0 Å². The number of fused-ring (bicyclic) bond motifs is 1. The molecule has 1 N–H and O–H groups in total. The van der Waals surface area contributed by atoms with Gasteiger partial charge >= 0.3 is 5.97 Å². The number of carbonyl (C=O) groups is 2. The summed E-state index contributed by atoms with van der Waals surface area (Å²) < 4.78 is 13.1. The SMILES string of the molecule is CCn1c(SCC(=O)Nc2sc3c(c2C(=O)OC)CCC3)nnc1C(C)Oc1ccc(C)cc1C. The minimum atomic E-state index is -0.402. The van der Waals surface area contributed by atoms with Gasteiger partial charge in [0, 0.05) is 11.4 Å². The van der Waals surface area contributed by atoms with Gasteiger partial charge in [-0.3, -0.25) is 4.79 Å². The molecule has 35 heavy (non-hydrogen) atoms. The first-order chi connectivity index (χ1) is 16.8. The monoisotopic (exact) mass is 514 g/mol. The van der Waals surface area contributed by atoms with Crippen LogP contribution in [0.25, 0.3) is 0 Å². The number of methoxy groups -OCH3 is 1. The summed E-state index contributed by atoms with van der Waals surface area (Å²) in [7, 11) is 1.36. The van der Waals surface area contributed by atoms with E-state index in [-0.39, 0.29) is 17.8 Å². The number of hydrogen-bond donors (Lipinski definition) is 1. The van der Waals surface area contributed by atoms with Crippen LogP contribution in [0, 0.1) is 13.8 Å². The predicted molar refractivity (Wildman–Crippen MR) is 138 cm³/mol. The molecule has 1 aromatic carbocycles. The molecule has 0 aliphatic heterocycles. The Morgan fingerprint density at radius 3 is 2.77 bits per heavy atom. The third-order valence-electron chi connectivity index (χ3n) is 5.96. The van der Waals surface area contributed by atoms with Gasteiger partial charge in [-0.25, -0.2) is 4.79 Å². The van der Waals surface area contributed by atoms with Crippen LogP contribution in [0.3, 0.4) is 0 Å². The van der Waals surface area contributed by atoms with Crippen molar-refractivity contribution in [1.82, 2.24) is 14.8 Å². The molecule has 1 unspecified atom stereocenters. The first-order valence-corrected chi connectivity index (χ1v) is 13.4. The summed E-state index contributed by atoms with van der Waals surface area (Å²) in [6.07, 6.45) is 2.49. The second-order valence-electron chi connectivity index (χ2n) is 8.50. The van der Waals surface area contributed by atoms with E-state index in [1.54, 1.807) is 0 Å². The minimum Gasteiger partial charge on any atom is -0.482 e. The molecule has 0 spiro atoms. The Hall–Kier alpha value is -2.85. The quantitative estimate of drug-likeness (QED) is 0.313. The molecule has 186 valence electrons. The van der Waals surface area contributed by atoms with Crippen molar-refractivity contribution in [3.63, 3.8) is 0 Å². The summed E-state index contributed by atoms with van der Waals surface area (Å²) in [4.78, 5) is 26.2. The summed E-state index contributed by atoms with van der Waals surface area (Å²) in [5, 5.41) is 12.8. The van der Waals surface area contributed by atoms with Crippen LogP contribution < -0.4 is 10.1 Å². The van der Waals surface area contributed by atoms with Gasteiger partial charge in [0.1, 0.15) is 10.8 Å². The van der Waals surface area contributed by atoms with Gasteiger partial charge < -0.3 is 19.4 Å². The molecule has 1 aliphatic carbocycles. The van der Waals surface area contributed by atoms with Crippen LogP contribution in [0.2, 0.25) is 0 Å². The van der Waals surface area contributed by atoms with Gasteiger partial charge in [0.15, 0.2) is 17.1 Å². The highest BCUT2D eigenvalue weighted by Crippen LogP contribution is 2.39. The van der Waals surface area contributed by atoms with Crippen LogP contribution in [0.4, 0.5) is 5.00 Å². The molecular weight excluding hydrogens is 484 g/mol. The van der Waals surface area contributed by atoms with Gasteiger partial charge in [0.05, 0.1) is 18.4 Å². The Kier molecular flexibility index (Phi) is 7.81. The zero-order valence-electron chi connectivity index (χ0n) is 20.6. The maximum atomic E-state index is 12.8. The van der Waals surface area contributed by atoms with Crippen LogP contribution in [0.5, 0.6) is 5.75 Å². The number of rotatable bonds is 9. The highest BCUT2D eigenvalue weighted by molar-refractivity contribution is 7.99. The molecule has 0 saturated carbocycles. The van der Waals surface area contributed by atoms with Crippen LogP contribution in [0.1, 0.15) is 64.1 Å². The zero-order valence-corrected chi connectivity index (χ0v) is 22.3. The van der Waals surface area contributed by atoms with Crippen molar-refractivity contribution in [2.24, 2.45) is 0 Å². The number of aromatic nitrogens is 3. The van der Waals surface area contributed by atoms with Crippen molar-refractivity contribution in [3.8, 4) is 5.75 Å². The molecule has 8 nitrogen and oxygen atoms in total. The Bertz CT molecular complexity index is 1250. The molecule has 1 atom stereocenters. The number of amides is 1. The molecule has 10 heteroatoms. The normalized spacial score (nSPS) is 13.4. The van der Waals surface area contributed by atoms with Gasteiger partial charge in [0.25, 0.3) is 0 Å². The number of ether oxygens (including phenoxy) is 2. The van der Waals surface area contributed by atoms with Crippen molar-refractivity contribution in [2.75, 3.05) is 18.2 Å². The maximum Gasteiger partial charge on any atom is 0.341 e. The van der Waals surface area contributed by atoms with E-state index in [0.717, 1.165) is 41.0 Å². The molecule has 2 heterocycles. The molecule has 1 aliphatic rings. The second-order valence-corrected chi connectivity index (χ2v) is 10.6. The summed E-state index contributed by atoms with van der Waals surface area (Å²) in [5.74, 6) is 1.06. The lowest BCUT2D eigenvalue weighted by Crippen LogP contribution is -2.17. The fraction of sp³-hybridized carbons (Fsp3) is 0.440. The van der Waals surface area contributed by atoms with Gasteiger partial charge in [-0.1, -0.05) is 29.5 Å². The molecule has 2 aromatic heterocycles. The van der Waals surface area contributed by atoms with E-state index in [1.807, 2.05) is 37.5 Å². The smallest absolute Gasteiger partial charge is 0.341 e. The summed E-state index contributed by atoms with van der Waals surface area (Å²) >= 11 is 2.78. The standard InChI is InChI=1S/C25H30N4O4S2/c1-6-29-22(16(4)33-18-11-10-14(2)12-15(18)3)27-28-25(29)34-13-20(30)26-23-21(24(31)32-5)17-8-7-9-19(17)35-23/h10-12,16H,6-9,13H2,1-5H3,(H,26,30). The van der Waals surface area contributed by atoms with Crippen LogP contribution in [-0.2, 0) is 28.9 Å². The summed E-state index contributed by atoms with van der Waals surface area (Å²) in [6, 6.07) is 6.07. The van der Waals surface area contributed by atoms with E-state index in [9.17, 15) is 9.59 Å². The minimum absolute atomic E-state index is 0.146. The summed E-state index contributed by atoms with van der Waals surface area (Å²) in [6.45, 7) is 8.68. The first kappa shape index (κ1) is 25.2. The number of nitrogens with zero attached hydrogens (tertiary/aromatic N) is 3. The topological polar surface area (TPSA) is 95.3 Å². The molecule has 1 amide bonds. The van der Waals surface area contributed by atoms with Gasteiger partial charge in [0.2, 0.25) is 5.91 Å². The van der Waals surface area contributed by atoms with Crippen molar-refractivity contribution in [3.05, 3.63) is 51.2 Å². The first-order valence-electron chi connectivity index (χ1n) is 11.6. The molecule has 4 rings (SSSR count). The molecule has 0 radical (unpaired) electrons. The molecule has 0 bridgehead atoms. The molecule has 0 fully saturated rings. The predicted octanol–water partition coefficient (Wildman–Crippen LogP) is 5.12. The fourth-order valence-corrected chi connectivity index (χ4v) is 6.39. The molecule has 0 saturated heterocycles. The Balaban J connectivity index is 1.42. The number of thiophene rings is 1. The van der Waals surface area contributed by atoms with Gasteiger partial charge in [-0.15, -0.1) is 21.5 Å². The number of thioether (sulfide) groups is 1. The van der Waals surface area contributed by atoms with E-state index in [1.165, 1.54) is 35.8 Å². The van der Waals surface area contributed by atoms with Crippen molar-refractivity contribution >= 4 is 40.0 Å². The Morgan fingerprint density at radius 1 is 1.26 bits per heavy atom. The Morgan fingerprint density at radius 2 is 2.06 bits per heavy atom. The van der Waals surface area contributed by atoms with Crippen LogP contribution in [0.15, 0.2) is 23.4 Å². The number of hydrogen-bond acceptors (Lipinski definition) is 8. The van der Waals surface area contributed by atoms with Gasteiger partial charge in [-0.2, -0.15) is 0 Å². The molecular formula is C25H30N4O4S2. The summed E-state index contributed by atoms with van der Waals surface area (Å²) in [5.41, 5.74) is 3.76. The van der Waals surface area contributed by atoms with E-state index in [4.69, 9.17) is 9.47 Å². The van der Waals surface area contributed by atoms with Crippen molar-refractivity contribution in [2.45, 2.75) is 64.8 Å². The third-order valence-corrected chi connectivity index (χ3v) is 8.13. The van der Waals surface area contributed by atoms with Crippen LogP contribution >= 0.6 is 23.1 Å². The number of anilines is 1. The fourth-order valence-electron chi connectivity index (χ4n) is 4.28. The van der Waals surface area contributed by atoms with Gasteiger partial charge in [-0.05, 0) is 64.2 Å². The Labute approximate surface area is 213 Å².